The molecule has 0 fully saturated rings. The lowest BCUT2D eigenvalue weighted by Gasteiger charge is -1.92. The van der Waals surface area contributed by atoms with Crippen LogP contribution in [0.3, 0.4) is 0 Å². The van der Waals surface area contributed by atoms with Crippen molar-refractivity contribution in [2.75, 3.05) is 5.73 Å². The summed E-state index contributed by atoms with van der Waals surface area (Å²) in [5.74, 6) is 0. The Balaban J connectivity index is 2.88. The molecule has 0 saturated carbocycles. The number of hydrogen-bond donors (Lipinski definition) is 2. The van der Waals surface area contributed by atoms with Gasteiger partial charge in [-0.2, -0.15) is 0 Å². The van der Waals surface area contributed by atoms with Crippen LogP contribution in [0.2, 0.25) is 0 Å². The average molecular weight is 193 g/mol. The summed E-state index contributed by atoms with van der Waals surface area (Å²) in [6.07, 6.45) is 0.646. The Labute approximate surface area is 78.4 Å². The summed E-state index contributed by atoms with van der Waals surface area (Å²) in [7, 11) is 0. The van der Waals surface area contributed by atoms with Crippen LogP contribution >= 0.6 is 11.3 Å². The minimum Gasteiger partial charge on any atom is -0.499 e. The van der Waals surface area contributed by atoms with Gasteiger partial charge in [-0.25, -0.2) is 0 Å². The number of benzene rings is 1. The number of carbonyl (C=O) groups excluding carboxylic acids is 1. The number of fused-ring (bicyclic) bond motifs is 1. The standard InChI is InChI=1S/C9H7NO2S/c10-5-1-2-8-6(3-5)7(4-11)9(12)13-8/h1-4,12H,10H2. The molecule has 0 radical (unpaired) electrons. The highest BCUT2D eigenvalue weighted by Gasteiger charge is 2.09. The summed E-state index contributed by atoms with van der Waals surface area (Å²) in [4.78, 5) is 10.6. The monoisotopic (exact) mass is 193 g/mol. The molecule has 0 amide bonds. The second-order valence-corrected chi connectivity index (χ2v) is 3.72. The Morgan fingerprint density at radius 3 is 2.92 bits per heavy atom. The van der Waals surface area contributed by atoms with E-state index in [0.717, 1.165) is 10.1 Å². The fraction of sp³-hybridized carbons (Fsp3) is 0. The van der Waals surface area contributed by atoms with Gasteiger partial charge >= 0.3 is 0 Å². The molecule has 13 heavy (non-hydrogen) atoms. The fourth-order valence-corrected chi connectivity index (χ4v) is 2.13. The van der Waals surface area contributed by atoms with Crippen molar-refractivity contribution in [3.63, 3.8) is 0 Å². The van der Waals surface area contributed by atoms with E-state index >= 15 is 0 Å². The molecule has 0 spiro atoms. The molecule has 2 aromatic rings. The molecule has 66 valence electrons. The van der Waals surface area contributed by atoms with E-state index in [0.29, 0.717) is 17.5 Å². The van der Waals surface area contributed by atoms with Crippen LogP contribution in [0.25, 0.3) is 10.1 Å². The molecule has 4 heteroatoms. The third kappa shape index (κ3) is 1.15. The smallest absolute Gasteiger partial charge is 0.183 e. The SMILES string of the molecule is Nc1ccc2sc(O)c(C=O)c2c1. The van der Waals surface area contributed by atoms with Crippen LogP contribution in [0, 0.1) is 0 Å². The Hall–Kier alpha value is -1.55. The van der Waals surface area contributed by atoms with E-state index in [4.69, 9.17) is 5.73 Å². The third-order valence-corrected chi connectivity index (χ3v) is 2.84. The minimum absolute atomic E-state index is 0.0515. The molecule has 0 saturated heterocycles. The Morgan fingerprint density at radius 2 is 2.23 bits per heavy atom. The maximum Gasteiger partial charge on any atom is 0.183 e. The lowest BCUT2D eigenvalue weighted by molar-refractivity contribution is 0.112. The average Bonchev–Trinajstić information content (AvgIpc) is 2.40. The van der Waals surface area contributed by atoms with Crippen LogP contribution in [-0.2, 0) is 0 Å². The molecule has 0 unspecified atom stereocenters. The van der Waals surface area contributed by atoms with Gasteiger partial charge in [-0.1, -0.05) is 11.3 Å². The van der Waals surface area contributed by atoms with E-state index in [2.05, 4.69) is 0 Å². The first-order chi connectivity index (χ1) is 6.22. The van der Waals surface area contributed by atoms with Crippen molar-refractivity contribution in [1.29, 1.82) is 0 Å². The fourth-order valence-electron chi connectivity index (χ4n) is 1.24. The van der Waals surface area contributed by atoms with Crippen molar-refractivity contribution >= 4 is 33.4 Å². The van der Waals surface area contributed by atoms with Gasteiger partial charge < -0.3 is 10.8 Å². The number of nitrogen functional groups attached to an aromatic ring is 1. The van der Waals surface area contributed by atoms with Gasteiger partial charge in [0.05, 0.1) is 5.56 Å². The van der Waals surface area contributed by atoms with Crippen molar-refractivity contribution in [3.8, 4) is 5.06 Å². The summed E-state index contributed by atoms with van der Waals surface area (Å²) < 4.78 is 0.869. The van der Waals surface area contributed by atoms with Gasteiger partial charge in [0.1, 0.15) is 0 Å². The second-order valence-electron chi connectivity index (χ2n) is 2.69. The van der Waals surface area contributed by atoms with E-state index in [1.165, 1.54) is 11.3 Å². The third-order valence-electron chi connectivity index (χ3n) is 1.85. The first-order valence-corrected chi connectivity index (χ1v) is 4.50. The van der Waals surface area contributed by atoms with Gasteiger partial charge in [-0.05, 0) is 18.2 Å². The van der Waals surface area contributed by atoms with Gasteiger partial charge in [-0.3, -0.25) is 4.79 Å². The molecule has 2 rings (SSSR count). The Bertz CT molecular complexity index is 476. The van der Waals surface area contributed by atoms with E-state index < -0.39 is 0 Å². The van der Waals surface area contributed by atoms with Crippen molar-refractivity contribution in [1.82, 2.24) is 0 Å². The predicted octanol–water partition coefficient (Wildman–Crippen LogP) is 2.00. The van der Waals surface area contributed by atoms with Crippen LogP contribution < -0.4 is 5.73 Å². The topological polar surface area (TPSA) is 63.3 Å². The lowest BCUT2D eigenvalue weighted by atomic mass is 10.2. The highest BCUT2D eigenvalue weighted by atomic mass is 32.1. The highest BCUT2D eigenvalue weighted by Crippen LogP contribution is 2.36. The predicted molar refractivity (Wildman–Crippen MR) is 53.3 cm³/mol. The van der Waals surface area contributed by atoms with Crippen LogP contribution in [0.1, 0.15) is 10.4 Å². The van der Waals surface area contributed by atoms with Crippen LogP contribution in [-0.4, -0.2) is 11.4 Å². The molecule has 0 aliphatic heterocycles. The first-order valence-electron chi connectivity index (χ1n) is 3.68. The first kappa shape index (κ1) is 8.07. The number of nitrogens with two attached hydrogens (primary N) is 1. The van der Waals surface area contributed by atoms with Crippen molar-refractivity contribution in [2.45, 2.75) is 0 Å². The number of rotatable bonds is 1. The van der Waals surface area contributed by atoms with Crippen LogP contribution in [0.4, 0.5) is 5.69 Å². The van der Waals surface area contributed by atoms with Crippen molar-refractivity contribution in [3.05, 3.63) is 23.8 Å². The van der Waals surface area contributed by atoms with Gasteiger partial charge in [-0.15, -0.1) is 0 Å². The van der Waals surface area contributed by atoms with Gasteiger partial charge in [0.25, 0.3) is 0 Å². The number of aromatic hydroxyl groups is 1. The number of aldehydes is 1. The van der Waals surface area contributed by atoms with Crippen LogP contribution in [0.5, 0.6) is 5.06 Å². The molecule has 1 heterocycles. The molecule has 3 nitrogen and oxygen atoms in total. The van der Waals surface area contributed by atoms with Gasteiger partial charge in [0.15, 0.2) is 11.3 Å². The summed E-state index contributed by atoms with van der Waals surface area (Å²) >= 11 is 1.18. The summed E-state index contributed by atoms with van der Waals surface area (Å²) in [5.41, 5.74) is 6.48. The van der Waals surface area contributed by atoms with Crippen LogP contribution in [0.15, 0.2) is 18.2 Å². The van der Waals surface area contributed by atoms with Gasteiger partial charge in [0, 0.05) is 15.8 Å². The Morgan fingerprint density at radius 1 is 1.46 bits per heavy atom. The summed E-state index contributed by atoms with van der Waals surface area (Å²) in [5, 5.41) is 10.1. The summed E-state index contributed by atoms with van der Waals surface area (Å²) in [6, 6.07) is 5.23. The number of anilines is 1. The maximum absolute atomic E-state index is 10.6. The zero-order valence-electron chi connectivity index (χ0n) is 6.65. The zero-order chi connectivity index (χ0) is 9.42. The molecule has 0 bridgehead atoms. The number of thiophene rings is 1. The molecule has 1 aromatic carbocycles. The van der Waals surface area contributed by atoms with E-state index in [9.17, 15) is 9.90 Å². The number of hydrogen-bond acceptors (Lipinski definition) is 4. The van der Waals surface area contributed by atoms with E-state index in [1.54, 1.807) is 18.2 Å². The zero-order valence-corrected chi connectivity index (χ0v) is 7.47. The molecule has 0 aliphatic rings. The van der Waals surface area contributed by atoms with Gasteiger partial charge in [0.2, 0.25) is 0 Å². The summed E-state index contributed by atoms with van der Waals surface area (Å²) in [6.45, 7) is 0. The molecule has 0 aliphatic carbocycles. The molecular weight excluding hydrogens is 186 g/mol. The molecule has 1 aromatic heterocycles. The highest BCUT2D eigenvalue weighted by molar-refractivity contribution is 7.21. The molecule has 0 atom stereocenters. The quantitative estimate of drug-likeness (QED) is 0.537. The van der Waals surface area contributed by atoms with E-state index in [-0.39, 0.29) is 5.06 Å². The Kier molecular flexibility index (Phi) is 1.70. The molecular formula is C9H7NO2S. The largest absolute Gasteiger partial charge is 0.499 e. The van der Waals surface area contributed by atoms with Crippen molar-refractivity contribution in [2.24, 2.45) is 0 Å². The number of carbonyl (C=O) groups is 1. The molecule has 3 N–H and O–H groups in total. The second kappa shape index (κ2) is 2.74. The van der Waals surface area contributed by atoms with E-state index in [1.807, 2.05) is 0 Å². The normalized spacial score (nSPS) is 10.5. The maximum atomic E-state index is 10.6. The lowest BCUT2D eigenvalue weighted by Crippen LogP contribution is -1.83. The minimum atomic E-state index is 0.0515. The van der Waals surface area contributed by atoms with Crippen molar-refractivity contribution < 1.29 is 9.90 Å².